The molecule has 0 heterocycles. The lowest BCUT2D eigenvalue weighted by Gasteiger charge is -2.14. The zero-order chi connectivity index (χ0) is 13.5. The molecule has 0 saturated heterocycles. The molecule has 0 spiro atoms. The molecule has 0 aromatic heterocycles. The molecule has 0 aliphatic heterocycles. The molecule has 100 valence electrons. The first-order chi connectivity index (χ1) is 8.58. The maximum atomic E-state index is 12.1. The van der Waals surface area contributed by atoms with Crippen molar-refractivity contribution >= 4 is 11.6 Å². The van der Waals surface area contributed by atoms with E-state index >= 15 is 0 Å². The van der Waals surface area contributed by atoms with Crippen LogP contribution in [0.25, 0.3) is 0 Å². The number of nitrogens with one attached hydrogen (secondary N) is 2. The van der Waals surface area contributed by atoms with Gasteiger partial charge in [-0.2, -0.15) is 0 Å². The number of carbonyl (C=O) groups is 1. The molecule has 1 amide bonds. The maximum Gasteiger partial charge on any atom is 0.253 e. The Morgan fingerprint density at radius 1 is 1.44 bits per heavy atom. The van der Waals surface area contributed by atoms with E-state index in [0.29, 0.717) is 12.1 Å². The number of aryl methyl sites for hydroxylation is 1. The van der Waals surface area contributed by atoms with Crippen LogP contribution in [0.2, 0.25) is 0 Å². The van der Waals surface area contributed by atoms with Gasteiger partial charge in [-0.3, -0.25) is 4.79 Å². The Morgan fingerprint density at radius 2 is 2.17 bits per heavy atom. The molecule has 1 aromatic rings. The van der Waals surface area contributed by atoms with Gasteiger partial charge < -0.3 is 15.4 Å². The molecular formula is C14H22N2O2. The first kappa shape index (κ1) is 14.5. The van der Waals surface area contributed by atoms with Crippen LogP contribution in [0, 0.1) is 6.92 Å². The molecule has 0 fully saturated rings. The minimum Gasteiger partial charge on any atom is -0.385 e. The first-order valence-corrected chi connectivity index (χ1v) is 6.24. The number of ether oxygens (including phenoxy) is 1. The molecule has 4 heteroatoms. The van der Waals surface area contributed by atoms with Gasteiger partial charge in [-0.25, -0.2) is 0 Å². The second-order valence-corrected chi connectivity index (χ2v) is 4.34. The van der Waals surface area contributed by atoms with Crippen LogP contribution in [0.3, 0.4) is 0 Å². The summed E-state index contributed by atoms with van der Waals surface area (Å²) in [6.45, 7) is 7.20. The van der Waals surface area contributed by atoms with Gasteiger partial charge >= 0.3 is 0 Å². The van der Waals surface area contributed by atoms with Gasteiger partial charge in [-0.05, 0) is 32.9 Å². The third-order valence-electron chi connectivity index (χ3n) is 2.74. The van der Waals surface area contributed by atoms with E-state index in [9.17, 15) is 4.79 Å². The molecule has 1 atom stereocenters. The summed E-state index contributed by atoms with van der Waals surface area (Å²) in [5.41, 5.74) is 2.62. The monoisotopic (exact) mass is 250 g/mol. The van der Waals surface area contributed by atoms with Crippen LogP contribution in [-0.4, -0.2) is 32.2 Å². The molecule has 0 radical (unpaired) electrons. The van der Waals surface area contributed by atoms with Crippen LogP contribution in [0.1, 0.15) is 29.8 Å². The number of rotatable bonds is 6. The summed E-state index contributed by atoms with van der Waals surface area (Å²) in [5.74, 6) is -0.0708. The Balaban J connectivity index is 2.79. The summed E-state index contributed by atoms with van der Waals surface area (Å²) in [4.78, 5) is 12.1. The van der Waals surface area contributed by atoms with Crippen LogP contribution >= 0.6 is 0 Å². The highest BCUT2D eigenvalue weighted by Gasteiger charge is 2.12. The third-order valence-corrected chi connectivity index (χ3v) is 2.74. The van der Waals surface area contributed by atoms with Crippen molar-refractivity contribution in [3.63, 3.8) is 0 Å². The molecular weight excluding hydrogens is 228 g/mol. The van der Waals surface area contributed by atoms with Gasteiger partial charge in [0.25, 0.3) is 5.91 Å². The highest BCUT2D eigenvalue weighted by atomic mass is 16.5. The second kappa shape index (κ2) is 7.01. The van der Waals surface area contributed by atoms with Crippen molar-refractivity contribution in [2.75, 3.05) is 25.5 Å². The number of hydrogen-bond donors (Lipinski definition) is 2. The van der Waals surface area contributed by atoms with Crippen molar-refractivity contribution in [2.24, 2.45) is 0 Å². The quantitative estimate of drug-likeness (QED) is 0.813. The number of carbonyl (C=O) groups excluding carboxylic acids is 1. The largest absolute Gasteiger partial charge is 0.385 e. The number of anilines is 1. The fourth-order valence-electron chi connectivity index (χ4n) is 1.61. The van der Waals surface area contributed by atoms with Gasteiger partial charge in [-0.1, -0.05) is 11.6 Å². The fourth-order valence-corrected chi connectivity index (χ4v) is 1.61. The predicted octanol–water partition coefficient (Wildman–Crippen LogP) is 2.19. The third kappa shape index (κ3) is 4.04. The Hall–Kier alpha value is -1.55. The van der Waals surface area contributed by atoms with E-state index in [1.807, 2.05) is 39.0 Å². The van der Waals surface area contributed by atoms with E-state index < -0.39 is 0 Å². The summed E-state index contributed by atoms with van der Waals surface area (Å²) < 4.78 is 5.11. The van der Waals surface area contributed by atoms with Crippen molar-refractivity contribution in [3.05, 3.63) is 29.3 Å². The Labute approximate surface area is 109 Å². The lowest BCUT2D eigenvalue weighted by Crippen LogP contribution is -2.32. The number of benzene rings is 1. The van der Waals surface area contributed by atoms with Gasteiger partial charge in [0, 0.05) is 25.9 Å². The van der Waals surface area contributed by atoms with Crippen LogP contribution in [0.4, 0.5) is 5.69 Å². The van der Waals surface area contributed by atoms with Crippen molar-refractivity contribution in [1.29, 1.82) is 0 Å². The second-order valence-electron chi connectivity index (χ2n) is 4.34. The Morgan fingerprint density at radius 3 is 2.78 bits per heavy atom. The molecule has 0 saturated carbocycles. The lowest BCUT2D eigenvalue weighted by molar-refractivity contribution is 0.0871. The van der Waals surface area contributed by atoms with Crippen molar-refractivity contribution in [1.82, 2.24) is 5.32 Å². The van der Waals surface area contributed by atoms with E-state index in [4.69, 9.17) is 4.74 Å². The average molecular weight is 250 g/mol. The molecule has 0 aliphatic rings. The summed E-state index contributed by atoms with van der Waals surface area (Å²) in [7, 11) is 1.63. The summed E-state index contributed by atoms with van der Waals surface area (Å²) >= 11 is 0. The predicted molar refractivity (Wildman–Crippen MR) is 74.1 cm³/mol. The van der Waals surface area contributed by atoms with Crippen LogP contribution < -0.4 is 10.6 Å². The molecule has 1 unspecified atom stereocenters. The minimum absolute atomic E-state index is 0.0151. The highest BCUT2D eigenvalue weighted by molar-refractivity contribution is 5.99. The average Bonchev–Trinajstić information content (AvgIpc) is 2.37. The summed E-state index contributed by atoms with van der Waals surface area (Å²) in [5, 5.41) is 6.07. The zero-order valence-corrected chi connectivity index (χ0v) is 11.5. The molecule has 0 bridgehead atoms. The van der Waals surface area contributed by atoms with Crippen molar-refractivity contribution < 1.29 is 9.53 Å². The van der Waals surface area contributed by atoms with E-state index in [2.05, 4.69) is 10.6 Å². The van der Waals surface area contributed by atoms with Gasteiger partial charge in [0.1, 0.15) is 0 Å². The highest BCUT2D eigenvalue weighted by Crippen LogP contribution is 2.17. The Kier molecular flexibility index (Phi) is 5.65. The number of methoxy groups -OCH3 is 1. The van der Waals surface area contributed by atoms with Crippen LogP contribution in [0.5, 0.6) is 0 Å². The zero-order valence-electron chi connectivity index (χ0n) is 11.5. The Bertz CT molecular complexity index is 405. The van der Waals surface area contributed by atoms with Gasteiger partial charge in [-0.15, -0.1) is 0 Å². The molecule has 1 rings (SSSR count). The maximum absolute atomic E-state index is 12.1. The number of amides is 1. The topological polar surface area (TPSA) is 50.4 Å². The molecule has 4 nitrogen and oxygen atoms in total. The molecule has 2 N–H and O–H groups in total. The summed E-state index contributed by atoms with van der Waals surface area (Å²) in [6, 6.07) is 5.82. The van der Waals surface area contributed by atoms with E-state index in [-0.39, 0.29) is 12.0 Å². The van der Waals surface area contributed by atoms with Crippen LogP contribution in [0.15, 0.2) is 18.2 Å². The first-order valence-electron chi connectivity index (χ1n) is 6.24. The summed E-state index contributed by atoms with van der Waals surface area (Å²) in [6.07, 6.45) is 0.0151. The fraction of sp³-hybridized carbons (Fsp3) is 0.500. The van der Waals surface area contributed by atoms with E-state index in [1.54, 1.807) is 7.11 Å². The van der Waals surface area contributed by atoms with Gasteiger partial charge in [0.05, 0.1) is 11.7 Å². The van der Waals surface area contributed by atoms with Crippen molar-refractivity contribution in [2.45, 2.75) is 26.9 Å². The molecule has 18 heavy (non-hydrogen) atoms. The van der Waals surface area contributed by atoms with E-state index in [0.717, 1.165) is 17.8 Å². The van der Waals surface area contributed by atoms with Gasteiger partial charge in [0.15, 0.2) is 0 Å². The minimum atomic E-state index is -0.0708. The number of hydrogen-bond acceptors (Lipinski definition) is 3. The molecule has 1 aromatic carbocycles. The lowest BCUT2D eigenvalue weighted by atomic mass is 10.1. The standard InChI is InChI=1S/C14H22N2O2/c1-5-15-13-7-6-10(2)8-12(13)14(17)16-9-11(3)18-4/h6-8,11,15H,5,9H2,1-4H3,(H,16,17). The van der Waals surface area contributed by atoms with Crippen LogP contribution in [-0.2, 0) is 4.74 Å². The SMILES string of the molecule is CCNc1ccc(C)cc1C(=O)NCC(C)OC. The smallest absolute Gasteiger partial charge is 0.253 e. The van der Waals surface area contributed by atoms with Crippen molar-refractivity contribution in [3.8, 4) is 0 Å². The van der Waals surface area contributed by atoms with E-state index in [1.165, 1.54) is 0 Å². The normalized spacial score (nSPS) is 12.0. The van der Waals surface area contributed by atoms with Gasteiger partial charge in [0.2, 0.25) is 0 Å². The molecule has 0 aliphatic carbocycles.